The standard InChI is InChI=1S/C16H26N2O/c1-18(15-7-9-16(19-2)10-8-15)12-4-6-14-5-3-11-17-13-14/h7-10,14,17H,3-6,11-13H2,1-2H3. The second-order valence-electron chi connectivity index (χ2n) is 5.47. The van der Waals surface area contributed by atoms with E-state index in [0.717, 1.165) is 18.2 Å². The van der Waals surface area contributed by atoms with Crippen molar-refractivity contribution >= 4 is 5.69 Å². The van der Waals surface area contributed by atoms with Gasteiger partial charge in [-0.3, -0.25) is 0 Å². The van der Waals surface area contributed by atoms with Crippen molar-refractivity contribution in [2.45, 2.75) is 25.7 Å². The molecule has 0 aromatic heterocycles. The monoisotopic (exact) mass is 262 g/mol. The van der Waals surface area contributed by atoms with Crippen molar-refractivity contribution in [1.29, 1.82) is 0 Å². The molecule has 1 aliphatic heterocycles. The molecule has 1 atom stereocenters. The van der Waals surface area contributed by atoms with Gasteiger partial charge in [0.2, 0.25) is 0 Å². The van der Waals surface area contributed by atoms with Gasteiger partial charge in [-0.1, -0.05) is 0 Å². The highest BCUT2D eigenvalue weighted by Gasteiger charge is 2.12. The summed E-state index contributed by atoms with van der Waals surface area (Å²) in [6.45, 7) is 3.55. The van der Waals surface area contributed by atoms with Crippen LogP contribution in [-0.4, -0.2) is 33.8 Å². The Morgan fingerprint density at radius 1 is 1.32 bits per heavy atom. The summed E-state index contributed by atoms with van der Waals surface area (Å²) in [6, 6.07) is 8.30. The van der Waals surface area contributed by atoms with Crippen LogP contribution in [0.15, 0.2) is 24.3 Å². The summed E-state index contributed by atoms with van der Waals surface area (Å²) in [5.74, 6) is 1.81. The van der Waals surface area contributed by atoms with Gasteiger partial charge in [-0.25, -0.2) is 0 Å². The molecule has 1 aromatic carbocycles. The van der Waals surface area contributed by atoms with Crippen LogP contribution >= 0.6 is 0 Å². The fourth-order valence-electron chi connectivity index (χ4n) is 2.75. The van der Waals surface area contributed by atoms with E-state index in [2.05, 4.69) is 29.4 Å². The molecular weight excluding hydrogens is 236 g/mol. The molecule has 1 aromatic rings. The molecule has 0 spiro atoms. The number of ether oxygens (including phenoxy) is 1. The van der Waals surface area contributed by atoms with Gasteiger partial charge < -0.3 is 15.0 Å². The first-order chi connectivity index (χ1) is 9.29. The average Bonchev–Trinajstić information content (AvgIpc) is 2.48. The van der Waals surface area contributed by atoms with Gasteiger partial charge in [-0.2, -0.15) is 0 Å². The Bertz CT molecular complexity index is 358. The molecule has 2 rings (SSSR count). The van der Waals surface area contributed by atoms with Crippen molar-refractivity contribution in [3.8, 4) is 5.75 Å². The van der Waals surface area contributed by atoms with E-state index < -0.39 is 0 Å². The zero-order chi connectivity index (χ0) is 13.5. The second-order valence-corrected chi connectivity index (χ2v) is 5.47. The zero-order valence-corrected chi connectivity index (χ0v) is 12.2. The lowest BCUT2D eigenvalue weighted by Crippen LogP contribution is -2.30. The van der Waals surface area contributed by atoms with Crippen molar-refractivity contribution < 1.29 is 4.74 Å². The molecule has 1 aliphatic rings. The molecule has 0 bridgehead atoms. The Morgan fingerprint density at radius 3 is 2.74 bits per heavy atom. The van der Waals surface area contributed by atoms with Gasteiger partial charge in [0.1, 0.15) is 5.75 Å². The van der Waals surface area contributed by atoms with Gasteiger partial charge in [-0.05, 0) is 69.0 Å². The highest BCUT2D eigenvalue weighted by Crippen LogP contribution is 2.20. The van der Waals surface area contributed by atoms with Crippen molar-refractivity contribution in [1.82, 2.24) is 5.32 Å². The molecule has 1 N–H and O–H groups in total. The van der Waals surface area contributed by atoms with Gasteiger partial charge >= 0.3 is 0 Å². The topological polar surface area (TPSA) is 24.5 Å². The van der Waals surface area contributed by atoms with E-state index in [0.29, 0.717) is 0 Å². The van der Waals surface area contributed by atoms with Crippen LogP contribution in [0, 0.1) is 5.92 Å². The highest BCUT2D eigenvalue weighted by atomic mass is 16.5. The van der Waals surface area contributed by atoms with E-state index >= 15 is 0 Å². The Balaban J connectivity index is 1.72. The van der Waals surface area contributed by atoms with Crippen LogP contribution in [0.2, 0.25) is 0 Å². The van der Waals surface area contributed by atoms with E-state index in [-0.39, 0.29) is 0 Å². The molecule has 0 radical (unpaired) electrons. The third-order valence-corrected chi connectivity index (χ3v) is 4.02. The van der Waals surface area contributed by atoms with Crippen LogP contribution in [0.1, 0.15) is 25.7 Å². The number of methoxy groups -OCH3 is 1. The first kappa shape index (κ1) is 14.2. The molecule has 0 aliphatic carbocycles. The lowest BCUT2D eigenvalue weighted by atomic mass is 9.95. The minimum atomic E-state index is 0.887. The number of anilines is 1. The van der Waals surface area contributed by atoms with Gasteiger partial charge in [0.25, 0.3) is 0 Å². The Kier molecular flexibility index (Phi) is 5.52. The fourth-order valence-corrected chi connectivity index (χ4v) is 2.75. The maximum atomic E-state index is 5.18. The number of hydrogen-bond donors (Lipinski definition) is 1. The third-order valence-electron chi connectivity index (χ3n) is 4.02. The second kappa shape index (κ2) is 7.39. The summed E-state index contributed by atoms with van der Waals surface area (Å²) < 4.78 is 5.18. The van der Waals surface area contributed by atoms with E-state index in [1.807, 2.05) is 12.1 Å². The van der Waals surface area contributed by atoms with E-state index in [9.17, 15) is 0 Å². The molecule has 0 amide bonds. The number of nitrogens with zero attached hydrogens (tertiary/aromatic N) is 1. The summed E-state index contributed by atoms with van der Waals surface area (Å²) >= 11 is 0. The fraction of sp³-hybridized carbons (Fsp3) is 0.625. The molecule has 3 heteroatoms. The Hall–Kier alpha value is -1.22. The summed E-state index contributed by atoms with van der Waals surface area (Å²) in [5, 5.41) is 3.49. The van der Waals surface area contributed by atoms with E-state index in [4.69, 9.17) is 4.74 Å². The maximum Gasteiger partial charge on any atom is 0.119 e. The summed E-state index contributed by atoms with van der Waals surface area (Å²) in [6.07, 6.45) is 5.36. The largest absolute Gasteiger partial charge is 0.497 e. The van der Waals surface area contributed by atoms with Crippen LogP contribution < -0.4 is 15.0 Å². The SMILES string of the molecule is COc1ccc(N(C)CCCC2CCCNC2)cc1. The highest BCUT2D eigenvalue weighted by molar-refractivity contribution is 5.48. The maximum absolute atomic E-state index is 5.18. The van der Waals surface area contributed by atoms with Crippen molar-refractivity contribution in [3.05, 3.63) is 24.3 Å². The number of benzene rings is 1. The minimum absolute atomic E-state index is 0.887. The number of piperidine rings is 1. The smallest absolute Gasteiger partial charge is 0.119 e. The molecule has 1 unspecified atom stereocenters. The zero-order valence-electron chi connectivity index (χ0n) is 12.2. The van der Waals surface area contributed by atoms with Gasteiger partial charge in [0.15, 0.2) is 0 Å². The summed E-state index contributed by atoms with van der Waals surface area (Å²) in [7, 11) is 3.87. The minimum Gasteiger partial charge on any atom is -0.497 e. The first-order valence-electron chi connectivity index (χ1n) is 7.35. The van der Waals surface area contributed by atoms with Crippen LogP contribution in [0.4, 0.5) is 5.69 Å². The lowest BCUT2D eigenvalue weighted by molar-refractivity contribution is 0.352. The van der Waals surface area contributed by atoms with Crippen molar-refractivity contribution in [2.24, 2.45) is 5.92 Å². The molecule has 3 nitrogen and oxygen atoms in total. The van der Waals surface area contributed by atoms with Crippen LogP contribution in [0.3, 0.4) is 0 Å². The average molecular weight is 262 g/mol. The molecule has 1 saturated heterocycles. The predicted octanol–water partition coefficient (Wildman–Crippen LogP) is 2.91. The number of hydrogen-bond acceptors (Lipinski definition) is 3. The quantitative estimate of drug-likeness (QED) is 0.853. The molecule has 19 heavy (non-hydrogen) atoms. The molecule has 106 valence electrons. The van der Waals surface area contributed by atoms with E-state index in [1.165, 1.54) is 44.5 Å². The Labute approximate surface area is 116 Å². The van der Waals surface area contributed by atoms with Gasteiger partial charge in [0, 0.05) is 19.3 Å². The first-order valence-corrected chi connectivity index (χ1v) is 7.35. The normalized spacial score (nSPS) is 19.2. The van der Waals surface area contributed by atoms with Crippen LogP contribution in [0.5, 0.6) is 5.75 Å². The van der Waals surface area contributed by atoms with Gasteiger partial charge in [-0.15, -0.1) is 0 Å². The summed E-state index contributed by atoms with van der Waals surface area (Å²) in [5.41, 5.74) is 1.27. The molecular formula is C16H26N2O. The summed E-state index contributed by atoms with van der Waals surface area (Å²) in [4.78, 5) is 2.33. The number of rotatable bonds is 6. The van der Waals surface area contributed by atoms with Crippen molar-refractivity contribution in [3.63, 3.8) is 0 Å². The molecule has 1 heterocycles. The molecule has 1 fully saturated rings. The van der Waals surface area contributed by atoms with Crippen LogP contribution in [0.25, 0.3) is 0 Å². The van der Waals surface area contributed by atoms with Crippen LogP contribution in [-0.2, 0) is 0 Å². The third kappa shape index (κ3) is 4.43. The predicted molar refractivity (Wildman–Crippen MR) is 81.1 cm³/mol. The van der Waals surface area contributed by atoms with E-state index in [1.54, 1.807) is 7.11 Å². The van der Waals surface area contributed by atoms with Crippen molar-refractivity contribution in [2.75, 3.05) is 38.7 Å². The van der Waals surface area contributed by atoms with Gasteiger partial charge in [0.05, 0.1) is 7.11 Å². The molecule has 0 saturated carbocycles. The lowest BCUT2D eigenvalue weighted by Gasteiger charge is -2.24. The number of nitrogens with one attached hydrogen (secondary N) is 1. The Morgan fingerprint density at radius 2 is 2.11 bits per heavy atom.